The van der Waals surface area contributed by atoms with Gasteiger partial charge in [0, 0.05) is 18.0 Å². The first-order valence-electron chi connectivity index (χ1n) is 6.95. The SMILES string of the molecule is CC(C)OC(=O)Nc1ccc(Oc2ccnc(C(N)=O)c2)cc1. The lowest BCUT2D eigenvalue weighted by Crippen LogP contribution is -2.17. The molecule has 0 fully saturated rings. The molecule has 23 heavy (non-hydrogen) atoms. The Bertz CT molecular complexity index is 699. The van der Waals surface area contributed by atoms with E-state index in [1.807, 2.05) is 0 Å². The lowest BCUT2D eigenvalue weighted by Gasteiger charge is -2.10. The number of hydrogen-bond acceptors (Lipinski definition) is 5. The van der Waals surface area contributed by atoms with E-state index in [0.29, 0.717) is 17.2 Å². The van der Waals surface area contributed by atoms with Crippen LogP contribution in [0.4, 0.5) is 10.5 Å². The summed E-state index contributed by atoms with van der Waals surface area (Å²) in [6.45, 7) is 3.54. The van der Waals surface area contributed by atoms with Crippen molar-refractivity contribution in [1.29, 1.82) is 0 Å². The Labute approximate surface area is 133 Å². The predicted molar refractivity (Wildman–Crippen MR) is 84.5 cm³/mol. The highest BCUT2D eigenvalue weighted by atomic mass is 16.6. The summed E-state index contributed by atoms with van der Waals surface area (Å²) >= 11 is 0. The topological polar surface area (TPSA) is 104 Å². The summed E-state index contributed by atoms with van der Waals surface area (Å²) in [6, 6.07) is 9.76. The number of rotatable bonds is 5. The fraction of sp³-hybridized carbons (Fsp3) is 0.188. The molecule has 1 heterocycles. The summed E-state index contributed by atoms with van der Waals surface area (Å²) in [7, 11) is 0. The molecule has 0 unspecified atom stereocenters. The van der Waals surface area contributed by atoms with Gasteiger partial charge in [0.2, 0.25) is 0 Å². The fourth-order valence-corrected chi connectivity index (χ4v) is 1.71. The molecule has 0 atom stereocenters. The zero-order chi connectivity index (χ0) is 16.8. The number of nitrogens with two attached hydrogens (primary N) is 1. The van der Waals surface area contributed by atoms with E-state index in [2.05, 4.69) is 10.3 Å². The van der Waals surface area contributed by atoms with Crippen molar-refractivity contribution in [1.82, 2.24) is 4.98 Å². The number of carbonyl (C=O) groups excluding carboxylic acids is 2. The first-order chi connectivity index (χ1) is 10.9. The minimum atomic E-state index is -0.626. The summed E-state index contributed by atoms with van der Waals surface area (Å²) < 4.78 is 10.6. The van der Waals surface area contributed by atoms with E-state index in [1.54, 1.807) is 44.2 Å². The highest BCUT2D eigenvalue weighted by Gasteiger charge is 2.07. The molecular weight excluding hydrogens is 298 g/mol. The number of nitrogens with one attached hydrogen (secondary N) is 1. The molecule has 0 aliphatic heterocycles. The summed E-state index contributed by atoms with van der Waals surface area (Å²) in [5, 5.41) is 2.60. The molecule has 0 saturated heterocycles. The molecule has 0 spiro atoms. The van der Waals surface area contributed by atoms with Crippen molar-refractivity contribution in [2.45, 2.75) is 20.0 Å². The second-order valence-corrected chi connectivity index (χ2v) is 4.95. The maximum Gasteiger partial charge on any atom is 0.411 e. The lowest BCUT2D eigenvalue weighted by atomic mass is 10.3. The molecule has 0 aliphatic carbocycles. The zero-order valence-electron chi connectivity index (χ0n) is 12.8. The quantitative estimate of drug-likeness (QED) is 0.883. The summed E-state index contributed by atoms with van der Waals surface area (Å²) in [5.41, 5.74) is 5.87. The van der Waals surface area contributed by atoms with Crippen LogP contribution in [0, 0.1) is 0 Å². The highest BCUT2D eigenvalue weighted by molar-refractivity contribution is 5.91. The third-order valence-corrected chi connectivity index (χ3v) is 2.66. The van der Waals surface area contributed by atoms with Gasteiger partial charge in [0.25, 0.3) is 5.91 Å². The van der Waals surface area contributed by atoms with Crippen LogP contribution in [0.2, 0.25) is 0 Å². The third-order valence-electron chi connectivity index (χ3n) is 2.66. The minimum absolute atomic E-state index is 0.122. The normalized spacial score (nSPS) is 10.2. The molecule has 2 amide bonds. The van der Waals surface area contributed by atoms with Crippen molar-refractivity contribution in [2.75, 3.05) is 5.32 Å². The number of amides is 2. The molecule has 120 valence electrons. The van der Waals surface area contributed by atoms with Gasteiger partial charge in [-0.15, -0.1) is 0 Å². The van der Waals surface area contributed by atoms with Crippen molar-refractivity contribution in [3.8, 4) is 11.5 Å². The summed E-state index contributed by atoms with van der Waals surface area (Å²) in [6.07, 6.45) is 0.727. The number of ether oxygens (including phenoxy) is 2. The van der Waals surface area contributed by atoms with E-state index in [0.717, 1.165) is 0 Å². The number of hydrogen-bond donors (Lipinski definition) is 2. The van der Waals surface area contributed by atoms with Crippen LogP contribution in [0.5, 0.6) is 11.5 Å². The average molecular weight is 315 g/mol. The van der Waals surface area contributed by atoms with Gasteiger partial charge in [-0.2, -0.15) is 0 Å². The van der Waals surface area contributed by atoms with Crippen molar-refractivity contribution in [3.05, 3.63) is 48.3 Å². The molecule has 0 radical (unpaired) electrons. The second kappa shape index (κ2) is 7.26. The lowest BCUT2D eigenvalue weighted by molar-refractivity contribution is 0.0995. The van der Waals surface area contributed by atoms with Gasteiger partial charge in [-0.25, -0.2) is 4.79 Å². The van der Waals surface area contributed by atoms with Gasteiger partial charge < -0.3 is 15.2 Å². The average Bonchev–Trinajstić information content (AvgIpc) is 2.48. The van der Waals surface area contributed by atoms with Crippen LogP contribution < -0.4 is 15.8 Å². The number of pyridine rings is 1. The largest absolute Gasteiger partial charge is 0.457 e. The predicted octanol–water partition coefficient (Wildman–Crippen LogP) is 2.93. The summed E-state index contributed by atoms with van der Waals surface area (Å²) in [4.78, 5) is 26.4. The van der Waals surface area contributed by atoms with E-state index in [4.69, 9.17) is 15.2 Å². The number of benzene rings is 1. The van der Waals surface area contributed by atoms with E-state index >= 15 is 0 Å². The number of carbonyl (C=O) groups is 2. The van der Waals surface area contributed by atoms with Crippen molar-refractivity contribution >= 4 is 17.7 Å². The number of nitrogens with zero attached hydrogens (tertiary/aromatic N) is 1. The maximum atomic E-state index is 11.5. The Morgan fingerprint density at radius 2 is 1.83 bits per heavy atom. The van der Waals surface area contributed by atoms with Gasteiger partial charge in [-0.3, -0.25) is 15.1 Å². The van der Waals surface area contributed by atoms with Gasteiger partial charge in [-0.1, -0.05) is 0 Å². The second-order valence-electron chi connectivity index (χ2n) is 4.95. The standard InChI is InChI=1S/C16H17N3O4/c1-10(2)22-16(21)19-11-3-5-12(6-4-11)23-13-7-8-18-14(9-13)15(17)20/h3-10H,1-2H3,(H2,17,20)(H,19,21). The molecule has 7 nitrogen and oxygen atoms in total. The third kappa shape index (κ3) is 4.99. The smallest absolute Gasteiger partial charge is 0.411 e. The number of anilines is 1. The van der Waals surface area contributed by atoms with E-state index in [1.165, 1.54) is 12.3 Å². The molecule has 7 heteroatoms. The van der Waals surface area contributed by atoms with Crippen LogP contribution in [0.25, 0.3) is 0 Å². The van der Waals surface area contributed by atoms with Gasteiger partial charge in [-0.05, 0) is 44.2 Å². The van der Waals surface area contributed by atoms with Gasteiger partial charge in [0.15, 0.2) is 0 Å². The first kappa shape index (κ1) is 16.3. The van der Waals surface area contributed by atoms with E-state index in [-0.39, 0.29) is 11.8 Å². The van der Waals surface area contributed by atoms with Crippen molar-refractivity contribution in [3.63, 3.8) is 0 Å². The van der Waals surface area contributed by atoms with Crippen molar-refractivity contribution in [2.24, 2.45) is 5.73 Å². The molecule has 1 aromatic heterocycles. The Balaban J connectivity index is 2.01. The first-order valence-corrected chi connectivity index (χ1v) is 6.95. The Kier molecular flexibility index (Phi) is 5.14. The molecular formula is C16H17N3O4. The van der Waals surface area contributed by atoms with Gasteiger partial charge in [0.05, 0.1) is 6.10 Å². The fourth-order valence-electron chi connectivity index (χ4n) is 1.71. The van der Waals surface area contributed by atoms with Crippen LogP contribution in [0.1, 0.15) is 24.3 Å². The molecule has 0 bridgehead atoms. The van der Waals surface area contributed by atoms with Crippen LogP contribution in [0.3, 0.4) is 0 Å². The molecule has 1 aromatic carbocycles. The highest BCUT2D eigenvalue weighted by Crippen LogP contribution is 2.23. The van der Waals surface area contributed by atoms with Crippen LogP contribution in [0.15, 0.2) is 42.6 Å². The van der Waals surface area contributed by atoms with Crippen LogP contribution in [-0.4, -0.2) is 23.1 Å². The molecule has 3 N–H and O–H groups in total. The molecule has 2 aromatic rings. The maximum absolute atomic E-state index is 11.5. The minimum Gasteiger partial charge on any atom is -0.457 e. The summed E-state index contributed by atoms with van der Waals surface area (Å²) in [5.74, 6) is 0.349. The Morgan fingerprint density at radius 3 is 2.43 bits per heavy atom. The number of primary amides is 1. The molecule has 0 aliphatic rings. The van der Waals surface area contributed by atoms with E-state index in [9.17, 15) is 9.59 Å². The number of aromatic nitrogens is 1. The Morgan fingerprint density at radius 1 is 1.13 bits per heavy atom. The van der Waals surface area contributed by atoms with Crippen LogP contribution in [-0.2, 0) is 4.74 Å². The van der Waals surface area contributed by atoms with Gasteiger partial charge >= 0.3 is 6.09 Å². The van der Waals surface area contributed by atoms with Crippen molar-refractivity contribution < 1.29 is 19.1 Å². The molecule has 2 rings (SSSR count). The van der Waals surface area contributed by atoms with Gasteiger partial charge in [0.1, 0.15) is 17.2 Å². The Hall–Kier alpha value is -3.09. The molecule has 0 saturated carbocycles. The monoisotopic (exact) mass is 315 g/mol. The zero-order valence-corrected chi connectivity index (χ0v) is 12.8. The van der Waals surface area contributed by atoms with Crippen LogP contribution >= 0.6 is 0 Å². The van der Waals surface area contributed by atoms with E-state index < -0.39 is 12.0 Å².